The van der Waals surface area contributed by atoms with Crippen LogP contribution in [-0.2, 0) is 33.4 Å². The molecule has 0 aromatic rings. The molecule has 0 fully saturated rings. The molecule has 0 spiro atoms. The minimum absolute atomic E-state index is 0.0379. The first-order valence-electron chi connectivity index (χ1n) is 27.2. The Labute approximate surface area is 395 Å². The van der Waals surface area contributed by atoms with Crippen LogP contribution in [0.2, 0.25) is 0 Å². The normalized spacial score (nSPS) is 12.8. The standard InChI is InChI=1S/C54H103NO7S/c1-4-7-10-13-16-19-22-25-28-31-34-37-40-43-49(56)53(62-54(59)48(55)47-63)50(61-52(58)45-42-39-36-33-30-27-24-21-18-15-12-9-6-3)46-60-51(57)44-41-38-35-32-29-26-23-20-17-14-11-8-5-2/h48,50,53,63H,4-47,55H2,1-3H3/t48-,50?,53?/m0/s1. The van der Waals surface area contributed by atoms with Crippen molar-refractivity contribution < 1.29 is 33.4 Å². The summed E-state index contributed by atoms with van der Waals surface area (Å²) in [6.07, 6.45) is 44.7. The van der Waals surface area contributed by atoms with E-state index in [0.29, 0.717) is 19.3 Å². The molecule has 63 heavy (non-hydrogen) atoms. The number of unbranched alkanes of at least 4 members (excludes halogenated alkanes) is 36. The molecule has 2 unspecified atom stereocenters. The van der Waals surface area contributed by atoms with Crippen LogP contribution in [0.15, 0.2) is 0 Å². The van der Waals surface area contributed by atoms with Crippen LogP contribution in [0.1, 0.15) is 290 Å². The Hall–Kier alpha value is -1.61. The lowest BCUT2D eigenvalue weighted by atomic mass is 10.0. The highest BCUT2D eigenvalue weighted by molar-refractivity contribution is 7.80. The fraction of sp³-hybridized carbons (Fsp3) is 0.926. The molecule has 0 aliphatic rings. The van der Waals surface area contributed by atoms with E-state index in [2.05, 4.69) is 33.4 Å². The average molecular weight is 910 g/mol. The molecule has 0 aromatic carbocycles. The fourth-order valence-corrected chi connectivity index (χ4v) is 8.48. The zero-order valence-corrected chi connectivity index (χ0v) is 42.6. The second-order valence-electron chi connectivity index (χ2n) is 18.8. The molecule has 9 heteroatoms. The van der Waals surface area contributed by atoms with Gasteiger partial charge in [-0.3, -0.25) is 19.2 Å². The van der Waals surface area contributed by atoms with Crippen molar-refractivity contribution in [1.29, 1.82) is 0 Å². The van der Waals surface area contributed by atoms with Crippen molar-refractivity contribution in [2.45, 2.75) is 309 Å². The van der Waals surface area contributed by atoms with E-state index in [9.17, 15) is 19.2 Å². The van der Waals surface area contributed by atoms with E-state index in [0.717, 1.165) is 51.4 Å². The predicted octanol–water partition coefficient (Wildman–Crippen LogP) is 15.6. The molecule has 0 saturated heterocycles. The van der Waals surface area contributed by atoms with Gasteiger partial charge in [-0.25, -0.2) is 0 Å². The maximum Gasteiger partial charge on any atom is 0.324 e. The zero-order valence-electron chi connectivity index (χ0n) is 41.7. The lowest BCUT2D eigenvalue weighted by Gasteiger charge is -2.27. The Morgan fingerprint density at radius 2 is 0.683 bits per heavy atom. The van der Waals surface area contributed by atoms with E-state index in [4.69, 9.17) is 19.9 Å². The average Bonchev–Trinajstić information content (AvgIpc) is 3.28. The number of carbonyl (C=O) groups excluding carboxylic acids is 4. The van der Waals surface area contributed by atoms with Crippen LogP contribution in [0.25, 0.3) is 0 Å². The molecule has 372 valence electrons. The van der Waals surface area contributed by atoms with E-state index in [1.54, 1.807) is 0 Å². The van der Waals surface area contributed by atoms with E-state index in [1.165, 1.54) is 180 Å². The largest absolute Gasteiger partial charge is 0.462 e. The summed E-state index contributed by atoms with van der Waals surface area (Å²) in [4.78, 5) is 52.9. The Bertz CT molecular complexity index is 1040. The topological polar surface area (TPSA) is 122 Å². The monoisotopic (exact) mass is 910 g/mol. The van der Waals surface area contributed by atoms with Crippen molar-refractivity contribution in [2.75, 3.05) is 12.4 Å². The molecule has 0 radical (unpaired) electrons. The summed E-state index contributed by atoms with van der Waals surface area (Å²) in [6.45, 7) is 6.41. The molecule has 8 nitrogen and oxygen atoms in total. The third kappa shape index (κ3) is 41.6. The van der Waals surface area contributed by atoms with Gasteiger partial charge in [-0.05, 0) is 19.3 Å². The number of nitrogens with two attached hydrogens (primary N) is 1. The molecule has 0 rings (SSSR count). The van der Waals surface area contributed by atoms with Gasteiger partial charge in [0.05, 0.1) is 0 Å². The van der Waals surface area contributed by atoms with Gasteiger partial charge in [0.2, 0.25) is 0 Å². The van der Waals surface area contributed by atoms with Crippen LogP contribution >= 0.6 is 12.6 Å². The van der Waals surface area contributed by atoms with Crippen molar-refractivity contribution >= 4 is 36.3 Å². The minimum atomic E-state index is -1.40. The molecule has 0 bridgehead atoms. The SMILES string of the molecule is CCCCCCCCCCCCCCCC(=O)OCC(OC(=O)CCCCCCCCCCCCCCC)C(OC(=O)[C@@H](N)CS)C(=O)CCCCCCCCCCCCCCC. The van der Waals surface area contributed by atoms with Crippen molar-refractivity contribution in [3.63, 3.8) is 0 Å². The van der Waals surface area contributed by atoms with Crippen molar-refractivity contribution in [2.24, 2.45) is 5.73 Å². The Balaban J connectivity index is 5.09. The molecule has 2 N–H and O–H groups in total. The summed E-state index contributed by atoms with van der Waals surface area (Å²) in [7, 11) is 0. The number of rotatable bonds is 50. The van der Waals surface area contributed by atoms with E-state index < -0.39 is 36.2 Å². The van der Waals surface area contributed by atoms with E-state index in [1.807, 2.05) is 0 Å². The Morgan fingerprint density at radius 1 is 0.397 bits per heavy atom. The Morgan fingerprint density at radius 3 is 1.00 bits per heavy atom. The van der Waals surface area contributed by atoms with Gasteiger partial charge >= 0.3 is 17.9 Å². The summed E-state index contributed by atoms with van der Waals surface area (Å²) < 4.78 is 17.2. The fourth-order valence-electron chi connectivity index (χ4n) is 8.33. The number of thiol groups is 1. The summed E-state index contributed by atoms with van der Waals surface area (Å²) >= 11 is 4.15. The van der Waals surface area contributed by atoms with Gasteiger partial charge in [-0.2, -0.15) is 12.6 Å². The summed E-state index contributed by atoms with van der Waals surface area (Å²) in [5.41, 5.74) is 5.96. The van der Waals surface area contributed by atoms with E-state index >= 15 is 0 Å². The number of hydrogen-bond acceptors (Lipinski definition) is 9. The van der Waals surface area contributed by atoms with Crippen molar-refractivity contribution in [3.05, 3.63) is 0 Å². The van der Waals surface area contributed by atoms with Crippen molar-refractivity contribution in [3.8, 4) is 0 Å². The quantitative estimate of drug-likeness (QED) is 0.0268. The smallest absolute Gasteiger partial charge is 0.324 e. The summed E-state index contributed by atoms with van der Waals surface area (Å²) in [6, 6.07) is -1.04. The van der Waals surface area contributed by atoms with Gasteiger partial charge < -0.3 is 19.9 Å². The number of ketones is 1. The molecular weight excluding hydrogens is 807 g/mol. The van der Waals surface area contributed by atoms with Gasteiger partial charge in [-0.15, -0.1) is 0 Å². The van der Waals surface area contributed by atoms with Crippen LogP contribution in [-0.4, -0.2) is 54.3 Å². The predicted molar refractivity (Wildman–Crippen MR) is 268 cm³/mol. The zero-order chi connectivity index (χ0) is 46.3. The molecule has 0 amide bonds. The maximum absolute atomic E-state index is 13.8. The third-order valence-corrected chi connectivity index (χ3v) is 13.0. The first-order valence-corrected chi connectivity index (χ1v) is 27.9. The number of hydrogen-bond donors (Lipinski definition) is 2. The second-order valence-corrected chi connectivity index (χ2v) is 19.2. The van der Waals surface area contributed by atoms with Gasteiger partial charge in [-0.1, -0.05) is 252 Å². The number of carbonyl (C=O) groups is 4. The van der Waals surface area contributed by atoms with Crippen LogP contribution in [0.3, 0.4) is 0 Å². The van der Waals surface area contributed by atoms with Gasteiger partial charge in [0.15, 0.2) is 18.0 Å². The number of Topliss-reactive ketones (excluding diaryl/α,β-unsaturated/α-hetero) is 1. The molecule has 0 aromatic heterocycles. The summed E-state index contributed by atoms with van der Waals surface area (Å²) in [5.74, 6) is -1.98. The third-order valence-electron chi connectivity index (χ3n) is 12.6. The van der Waals surface area contributed by atoms with Crippen molar-refractivity contribution in [1.82, 2.24) is 0 Å². The van der Waals surface area contributed by atoms with Crippen LogP contribution in [0, 0.1) is 0 Å². The minimum Gasteiger partial charge on any atom is -0.462 e. The van der Waals surface area contributed by atoms with Crippen LogP contribution in [0.5, 0.6) is 0 Å². The Kier molecular flexibility index (Phi) is 47.1. The van der Waals surface area contributed by atoms with Crippen LogP contribution in [0.4, 0.5) is 0 Å². The highest BCUT2D eigenvalue weighted by Crippen LogP contribution is 2.19. The molecule has 0 aliphatic carbocycles. The molecule has 0 saturated carbocycles. The summed E-state index contributed by atoms with van der Waals surface area (Å²) in [5, 5.41) is 0. The molecule has 0 heterocycles. The van der Waals surface area contributed by atoms with Gasteiger partial charge in [0, 0.05) is 25.0 Å². The molecule has 0 aliphatic heterocycles. The van der Waals surface area contributed by atoms with Gasteiger partial charge in [0.1, 0.15) is 12.6 Å². The number of ether oxygens (including phenoxy) is 3. The van der Waals surface area contributed by atoms with Crippen LogP contribution < -0.4 is 5.73 Å². The highest BCUT2D eigenvalue weighted by atomic mass is 32.1. The maximum atomic E-state index is 13.8. The van der Waals surface area contributed by atoms with Gasteiger partial charge in [0.25, 0.3) is 0 Å². The first-order chi connectivity index (χ1) is 30.8. The number of esters is 3. The molecular formula is C54H103NO7S. The molecule has 3 atom stereocenters. The lowest BCUT2D eigenvalue weighted by molar-refractivity contribution is -0.179. The highest BCUT2D eigenvalue weighted by Gasteiger charge is 2.36. The second kappa shape index (κ2) is 48.3. The first kappa shape index (κ1) is 61.4. The lowest BCUT2D eigenvalue weighted by Crippen LogP contribution is -2.47. The van der Waals surface area contributed by atoms with E-state index in [-0.39, 0.29) is 37.4 Å².